The van der Waals surface area contributed by atoms with Crippen LogP contribution in [0.1, 0.15) is 0 Å². The van der Waals surface area contributed by atoms with E-state index in [0.717, 1.165) is 24.4 Å². The number of hydrogen-bond acceptors (Lipinski definition) is 7. The summed E-state index contributed by atoms with van der Waals surface area (Å²) in [6.07, 6.45) is 0.823. The van der Waals surface area contributed by atoms with E-state index in [-0.39, 0.29) is 5.69 Å². The van der Waals surface area contributed by atoms with Crippen molar-refractivity contribution in [3.63, 3.8) is 0 Å². The molecule has 22 heavy (non-hydrogen) atoms. The lowest BCUT2D eigenvalue weighted by molar-refractivity contribution is -0.393. The van der Waals surface area contributed by atoms with E-state index in [0.29, 0.717) is 0 Å². The second-order valence-corrected chi connectivity index (χ2v) is 4.34. The first-order valence-electron chi connectivity index (χ1n) is 5.24. The highest BCUT2D eigenvalue weighted by molar-refractivity contribution is 6.51. The number of anilines is 1. The van der Waals surface area contributed by atoms with Crippen LogP contribution in [0.3, 0.4) is 0 Å². The smallest absolute Gasteiger partial charge is 0.348 e. The van der Waals surface area contributed by atoms with Gasteiger partial charge in [-0.15, -0.1) is 0 Å². The maximum atomic E-state index is 10.8. The number of aliphatic carboxylic acids is 1. The Kier molecular flexibility index (Phi) is 5.78. The number of nitro groups is 2. The molecule has 0 unspecified atom stereocenters. The molecular formula is C10H6Cl2N4O6. The van der Waals surface area contributed by atoms with Crippen LogP contribution in [0.15, 0.2) is 33.4 Å². The van der Waals surface area contributed by atoms with Gasteiger partial charge in [0.05, 0.1) is 27.2 Å². The van der Waals surface area contributed by atoms with Crippen molar-refractivity contribution in [2.24, 2.45) is 5.10 Å². The number of hydrogen-bond donors (Lipinski definition) is 2. The molecule has 1 rings (SSSR count). The lowest BCUT2D eigenvalue weighted by atomic mass is 10.2. The fourth-order valence-corrected chi connectivity index (χ4v) is 1.37. The van der Waals surface area contributed by atoms with Crippen molar-refractivity contribution < 1.29 is 19.7 Å². The molecule has 0 atom stereocenters. The SMILES string of the molecule is O=C(O)/C(Cl)=C(Cl)/C=N\Nc1ccc([N+](=O)[O-])cc1[N+](=O)[O-]. The molecule has 1 aromatic carbocycles. The Hall–Kier alpha value is -2.72. The number of benzene rings is 1. The van der Waals surface area contributed by atoms with Crippen molar-refractivity contribution in [2.75, 3.05) is 5.43 Å². The third-order valence-electron chi connectivity index (χ3n) is 2.15. The fraction of sp³-hybridized carbons (Fsp3) is 0. The van der Waals surface area contributed by atoms with E-state index in [4.69, 9.17) is 28.3 Å². The average Bonchev–Trinajstić information content (AvgIpc) is 2.45. The van der Waals surface area contributed by atoms with Gasteiger partial charge in [-0.1, -0.05) is 23.2 Å². The molecule has 0 saturated carbocycles. The number of nitrogens with one attached hydrogen (secondary N) is 1. The van der Waals surface area contributed by atoms with Gasteiger partial charge in [-0.25, -0.2) is 4.79 Å². The van der Waals surface area contributed by atoms with Gasteiger partial charge in [-0.2, -0.15) is 5.10 Å². The number of halogens is 2. The molecule has 0 aliphatic heterocycles. The van der Waals surface area contributed by atoms with Gasteiger partial charge in [0.25, 0.3) is 5.69 Å². The number of hydrazone groups is 1. The summed E-state index contributed by atoms with van der Waals surface area (Å²) in [5.41, 5.74) is 1.02. The van der Waals surface area contributed by atoms with Crippen molar-refractivity contribution in [1.82, 2.24) is 0 Å². The molecule has 0 saturated heterocycles. The summed E-state index contributed by atoms with van der Waals surface area (Å²) < 4.78 is 0. The highest BCUT2D eigenvalue weighted by atomic mass is 35.5. The number of carboxylic acids is 1. The molecule has 0 aliphatic rings. The van der Waals surface area contributed by atoms with Gasteiger partial charge in [-0.05, 0) is 6.07 Å². The summed E-state index contributed by atoms with van der Waals surface area (Å²) in [6, 6.07) is 2.86. The molecule has 0 spiro atoms. The van der Waals surface area contributed by atoms with Crippen LogP contribution < -0.4 is 5.43 Å². The molecule has 0 radical (unpaired) electrons. The Bertz CT molecular complexity index is 703. The summed E-state index contributed by atoms with van der Waals surface area (Å²) >= 11 is 10.8. The van der Waals surface area contributed by atoms with E-state index < -0.39 is 37.3 Å². The van der Waals surface area contributed by atoms with E-state index in [1.807, 2.05) is 0 Å². The van der Waals surface area contributed by atoms with Crippen LogP contribution in [0.25, 0.3) is 0 Å². The number of nitro benzene ring substituents is 2. The standard InChI is InChI=1S/C10H6Cl2N4O6/c11-6(9(12)10(17)18)4-13-14-7-2-1-5(15(19)20)3-8(7)16(21)22/h1-4,14H,(H,17,18)/b9-6+,13-4-. The first-order chi connectivity index (χ1) is 10.2. The summed E-state index contributed by atoms with van der Waals surface area (Å²) in [7, 11) is 0. The van der Waals surface area contributed by atoms with Gasteiger partial charge < -0.3 is 5.11 Å². The second kappa shape index (κ2) is 7.33. The lowest BCUT2D eigenvalue weighted by Crippen LogP contribution is -2.00. The summed E-state index contributed by atoms with van der Waals surface area (Å²) in [5.74, 6) is -1.47. The highest BCUT2D eigenvalue weighted by Gasteiger charge is 2.19. The monoisotopic (exact) mass is 348 g/mol. The number of carbonyl (C=O) groups is 1. The summed E-state index contributed by atoms with van der Waals surface area (Å²) in [6.45, 7) is 0. The Morgan fingerprint density at radius 2 is 1.91 bits per heavy atom. The number of non-ortho nitro benzene ring substituents is 1. The van der Waals surface area contributed by atoms with E-state index in [1.54, 1.807) is 0 Å². The molecule has 0 heterocycles. The zero-order valence-corrected chi connectivity index (χ0v) is 11.9. The zero-order valence-electron chi connectivity index (χ0n) is 10.4. The number of nitrogens with zero attached hydrogens (tertiary/aromatic N) is 3. The maximum Gasteiger partial charge on any atom is 0.348 e. The van der Waals surface area contributed by atoms with Gasteiger partial charge in [0, 0.05) is 6.07 Å². The van der Waals surface area contributed by atoms with Crippen LogP contribution in [-0.2, 0) is 4.79 Å². The van der Waals surface area contributed by atoms with Crippen LogP contribution in [0.2, 0.25) is 0 Å². The molecule has 1 aromatic rings. The molecule has 12 heteroatoms. The normalized spacial score (nSPS) is 11.9. The third-order valence-corrected chi connectivity index (χ3v) is 2.90. The Morgan fingerprint density at radius 3 is 2.41 bits per heavy atom. The largest absolute Gasteiger partial charge is 0.477 e. The number of allylic oxidation sites excluding steroid dienone is 1. The highest BCUT2D eigenvalue weighted by Crippen LogP contribution is 2.28. The number of carboxylic acid groups (broad SMARTS) is 1. The van der Waals surface area contributed by atoms with E-state index in [9.17, 15) is 25.0 Å². The Labute approximate surface area is 131 Å². The average molecular weight is 349 g/mol. The van der Waals surface area contributed by atoms with Crippen molar-refractivity contribution in [3.05, 3.63) is 48.5 Å². The van der Waals surface area contributed by atoms with Gasteiger partial charge in [-0.3, -0.25) is 25.7 Å². The molecule has 0 amide bonds. The Balaban J connectivity index is 3.04. The van der Waals surface area contributed by atoms with Crippen LogP contribution in [-0.4, -0.2) is 27.1 Å². The van der Waals surface area contributed by atoms with Gasteiger partial charge in [0.2, 0.25) is 0 Å². The van der Waals surface area contributed by atoms with E-state index in [1.165, 1.54) is 0 Å². The third kappa shape index (κ3) is 4.40. The molecule has 0 aliphatic carbocycles. The predicted octanol–water partition coefficient (Wildman–Crippen LogP) is 2.67. The van der Waals surface area contributed by atoms with Crippen molar-refractivity contribution >= 4 is 52.4 Å². The first-order valence-corrected chi connectivity index (χ1v) is 6.00. The molecule has 0 fully saturated rings. The van der Waals surface area contributed by atoms with E-state index in [2.05, 4.69) is 10.5 Å². The van der Waals surface area contributed by atoms with Crippen molar-refractivity contribution in [2.45, 2.75) is 0 Å². The minimum absolute atomic E-state index is 0.150. The van der Waals surface area contributed by atoms with Crippen LogP contribution in [0.5, 0.6) is 0 Å². The number of rotatable bonds is 6. The topological polar surface area (TPSA) is 148 Å². The van der Waals surface area contributed by atoms with E-state index >= 15 is 0 Å². The molecule has 0 bridgehead atoms. The maximum absolute atomic E-state index is 10.8. The summed E-state index contributed by atoms with van der Waals surface area (Å²) in [4.78, 5) is 30.3. The minimum Gasteiger partial charge on any atom is -0.477 e. The van der Waals surface area contributed by atoms with Crippen molar-refractivity contribution in [1.29, 1.82) is 0 Å². The lowest BCUT2D eigenvalue weighted by Gasteiger charge is -2.01. The van der Waals surface area contributed by atoms with Crippen LogP contribution >= 0.6 is 23.2 Å². The Morgan fingerprint density at radius 1 is 1.27 bits per heavy atom. The zero-order chi connectivity index (χ0) is 16.9. The van der Waals surface area contributed by atoms with Crippen LogP contribution in [0, 0.1) is 20.2 Å². The first kappa shape index (κ1) is 17.3. The fourth-order valence-electron chi connectivity index (χ4n) is 1.20. The van der Waals surface area contributed by atoms with Gasteiger partial charge in [0.15, 0.2) is 0 Å². The van der Waals surface area contributed by atoms with Gasteiger partial charge in [0.1, 0.15) is 10.7 Å². The second-order valence-electron chi connectivity index (χ2n) is 3.55. The molecule has 0 aromatic heterocycles. The molecular weight excluding hydrogens is 343 g/mol. The molecule has 10 nitrogen and oxygen atoms in total. The van der Waals surface area contributed by atoms with Gasteiger partial charge >= 0.3 is 11.7 Å². The summed E-state index contributed by atoms with van der Waals surface area (Å²) in [5, 5.41) is 32.4. The molecule has 116 valence electrons. The quantitative estimate of drug-likeness (QED) is 0.347. The van der Waals surface area contributed by atoms with Crippen molar-refractivity contribution in [3.8, 4) is 0 Å². The van der Waals surface area contributed by atoms with Crippen LogP contribution in [0.4, 0.5) is 17.1 Å². The molecule has 2 N–H and O–H groups in total. The minimum atomic E-state index is -1.47. The predicted molar refractivity (Wildman–Crippen MR) is 78.2 cm³/mol.